The van der Waals surface area contributed by atoms with Crippen LogP contribution < -0.4 is 0 Å². The molecule has 0 bridgehead atoms. The lowest BCUT2D eigenvalue weighted by atomic mass is 10.0. The van der Waals surface area contributed by atoms with E-state index in [9.17, 15) is 9.59 Å². The topological polar surface area (TPSA) is 78.5 Å². The van der Waals surface area contributed by atoms with Crippen LogP contribution in [0.4, 0.5) is 0 Å². The van der Waals surface area contributed by atoms with Gasteiger partial charge in [-0.3, -0.25) is 14.7 Å². The van der Waals surface area contributed by atoms with Crippen molar-refractivity contribution in [3.05, 3.63) is 52.3 Å². The Morgan fingerprint density at radius 2 is 1.85 bits per heavy atom. The van der Waals surface area contributed by atoms with Gasteiger partial charge in [0.15, 0.2) is 5.69 Å². The minimum Gasteiger partial charge on any atom is -0.378 e. The highest BCUT2D eigenvalue weighted by Crippen LogP contribution is 2.22. The maximum atomic E-state index is 12.8. The second-order valence-corrected chi connectivity index (χ2v) is 7.16. The van der Waals surface area contributed by atoms with Crippen LogP contribution in [0, 0.1) is 6.92 Å². The summed E-state index contributed by atoms with van der Waals surface area (Å²) < 4.78 is 5.32. The molecule has 27 heavy (non-hydrogen) atoms. The van der Waals surface area contributed by atoms with Crippen LogP contribution in [-0.2, 0) is 28.9 Å². The fourth-order valence-corrected chi connectivity index (χ4v) is 3.59. The van der Waals surface area contributed by atoms with Crippen molar-refractivity contribution in [2.24, 2.45) is 0 Å². The lowest BCUT2D eigenvalue weighted by molar-refractivity contribution is -0.131. The number of rotatable bonds is 3. The van der Waals surface area contributed by atoms with E-state index in [1.54, 1.807) is 4.90 Å². The molecule has 0 atom stereocenters. The van der Waals surface area contributed by atoms with Crippen molar-refractivity contribution in [1.82, 2.24) is 20.0 Å². The number of aryl methyl sites for hydroxylation is 1. The second kappa shape index (κ2) is 7.52. The summed E-state index contributed by atoms with van der Waals surface area (Å²) in [4.78, 5) is 29.2. The van der Waals surface area contributed by atoms with Crippen LogP contribution in [0.1, 0.15) is 32.9 Å². The summed E-state index contributed by atoms with van der Waals surface area (Å²) >= 11 is 0. The van der Waals surface area contributed by atoms with Crippen molar-refractivity contribution >= 4 is 11.8 Å². The normalized spacial score (nSPS) is 16.9. The first kappa shape index (κ1) is 17.7. The molecule has 0 saturated carbocycles. The largest absolute Gasteiger partial charge is 0.378 e. The third-order valence-corrected chi connectivity index (χ3v) is 5.26. The fourth-order valence-electron chi connectivity index (χ4n) is 3.59. The van der Waals surface area contributed by atoms with Gasteiger partial charge in [-0.05, 0) is 12.5 Å². The van der Waals surface area contributed by atoms with E-state index in [-0.39, 0.29) is 11.8 Å². The Bertz CT molecular complexity index is 837. The zero-order valence-electron chi connectivity index (χ0n) is 15.5. The number of aromatic amines is 1. The first-order valence-corrected chi connectivity index (χ1v) is 9.38. The van der Waals surface area contributed by atoms with E-state index in [1.165, 1.54) is 5.56 Å². The number of H-pyrrole nitrogens is 1. The van der Waals surface area contributed by atoms with Crippen LogP contribution in [0.5, 0.6) is 0 Å². The third-order valence-electron chi connectivity index (χ3n) is 5.26. The minimum absolute atomic E-state index is 0.0791. The Balaban J connectivity index is 1.47. The number of hydrogen-bond donors (Lipinski definition) is 1. The first-order chi connectivity index (χ1) is 13.1. The molecule has 1 aromatic carbocycles. The highest BCUT2D eigenvalue weighted by atomic mass is 16.5. The third kappa shape index (κ3) is 3.73. The SMILES string of the molecule is Cc1ccc(CC(=O)N2CCc3[nH]nc(C(=O)N4CCOCC4)c3C2)cc1. The maximum Gasteiger partial charge on any atom is 0.274 e. The second-order valence-electron chi connectivity index (χ2n) is 7.16. The van der Waals surface area contributed by atoms with E-state index in [0.29, 0.717) is 57.9 Å². The van der Waals surface area contributed by atoms with Gasteiger partial charge in [-0.25, -0.2) is 0 Å². The van der Waals surface area contributed by atoms with E-state index in [4.69, 9.17) is 4.74 Å². The minimum atomic E-state index is -0.0800. The molecule has 1 fully saturated rings. The van der Waals surface area contributed by atoms with Crippen molar-refractivity contribution in [3.8, 4) is 0 Å². The smallest absolute Gasteiger partial charge is 0.274 e. The molecule has 0 spiro atoms. The van der Waals surface area contributed by atoms with Gasteiger partial charge in [0.25, 0.3) is 5.91 Å². The fraction of sp³-hybridized carbons (Fsp3) is 0.450. The number of nitrogens with zero attached hydrogens (tertiary/aromatic N) is 3. The number of hydrogen-bond acceptors (Lipinski definition) is 4. The van der Waals surface area contributed by atoms with Gasteiger partial charge in [0.05, 0.1) is 19.6 Å². The summed E-state index contributed by atoms with van der Waals surface area (Å²) in [7, 11) is 0. The predicted octanol–water partition coefficient (Wildman–Crippen LogP) is 1.32. The molecule has 7 nitrogen and oxygen atoms in total. The van der Waals surface area contributed by atoms with Gasteiger partial charge < -0.3 is 14.5 Å². The number of aromatic nitrogens is 2. The number of morpholine rings is 1. The van der Waals surface area contributed by atoms with Gasteiger partial charge in [-0.15, -0.1) is 0 Å². The zero-order chi connectivity index (χ0) is 18.8. The first-order valence-electron chi connectivity index (χ1n) is 9.38. The maximum absolute atomic E-state index is 12.8. The van der Waals surface area contributed by atoms with E-state index in [0.717, 1.165) is 16.8 Å². The molecular weight excluding hydrogens is 344 g/mol. The van der Waals surface area contributed by atoms with Crippen molar-refractivity contribution in [3.63, 3.8) is 0 Å². The Labute approximate surface area is 158 Å². The molecule has 142 valence electrons. The molecule has 4 rings (SSSR count). The number of carbonyl (C=O) groups is 2. The van der Waals surface area contributed by atoms with Crippen LogP contribution in [0.15, 0.2) is 24.3 Å². The Morgan fingerprint density at radius 1 is 1.11 bits per heavy atom. The predicted molar refractivity (Wildman–Crippen MR) is 99.3 cm³/mol. The van der Waals surface area contributed by atoms with Gasteiger partial charge >= 0.3 is 0 Å². The highest BCUT2D eigenvalue weighted by molar-refractivity contribution is 5.94. The molecule has 1 aromatic heterocycles. The number of benzene rings is 1. The quantitative estimate of drug-likeness (QED) is 0.886. The van der Waals surface area contributed by atoms with Crippen LogP contribution in [-0.4, -0.2) is 64.7 Å². The molecule has 1 saturated heterocycles. The number of amides is 2. The molecule has 2 aromatic rings. The van der Waals surface area contributed by atoms with Crippen LogP contribution in [0.2, 0.25) is 0 Å². The lowest BCUT2D eigenvalue weighted by Crippen LogP contribution is -2.42. The molecule has 2 aliphatic heterocycles. The van der Waals surface area contributed by atoms with Crippen LogP contribution in [0.25, 0.3) is 0 Å². The van der Waals surface area contributed by atoms with Crippen LogP contribution >= 0.6 is 0 Å². The van der Waals surface area contributed by atoms with Gasteiger partial charge in [-0.2, -0.15) is 5.10 Å². The summed E-state index contributed by atoms with van der Waals surface area (Å²) in [5.41, 5.74) is 4.45. The molecule has 0 aliphatic carbocycles. The number of fused-ring (bicyclic) bond motifs is 1. The number of nitrogens with one attached hydrogen (secondary N) is 1. The zero-order valence-corrected chi connectivity index (χ0v) is 15.5. The Kier molecular flexibility index (Phi) is 4.94. The molecule has 2 aliphatic rings. The van der Waals surface area contributed by atoms with E-state index >= 15 is 0 Å². The number of carbonyl (C=O) groups excluding carboxylic acids is 2. The summed E-state index contributed by atoms with van der Waals surface area (Å²) in [6.07, 6.45) is 1.07. The molecule has 1 N–H and O–H groups in total. The molecular formula is C20H24N4O3. The summed E-state index contributed by atoms with van der Waals surface area (Å²) in [5, 5.41) is 7.26. The Morgan fingerprint density at radius 3 is 2.59 bits per heavy atom. The number of ether oxygens (including phenoxy) is 1. The summed E-state index contributed by atoms with van der Waals surface area (Å²) in [6.45, 7) is 5.38. The van der Waals surface area contributed by atoms with E-state index in [1.807, 2.05) is 36.1 Å². The van der Waals surface area contributed by atoms with Gasteiger partial charge in [0.1, 0.15) is 0 Å². The summed E-state index contributed by atoms with van der Waals surface area (Å²) in [6, 6.07) is 8.03. The van der Waals surface area contributed by atoms with Crippen molar-refractivity contribution in [1.29, 1.82) is 0 Å². The monoisotopic (exact) mass is 368 g/mol. The Hall–Kier alpha value is -2.67. The standard InChI is InChI=1S/C20H24N4O3/c1-14-2-4-15(5-3-14)12-18(25)24-7-6-17-16(13-24)19(22-21-17)20(26)23-8-10-27-11-9-23/h2-5H,6-13H2,1H3,(H,21,22). The van der Waals surface area contributed by atoms with Gasteiger partial charge in [-0.1, -0.05) is 29.8 Å². The van der Waals surface area contributed by atoms with Gasteiger partial charge in [0.2, 0.25) is 5.91 Å². The summed E-state index contributed by atoms with van der Waals surface area (Å²) in [5.74, 6) is -0.000826. The highest BCUT2D eigenvalue weighted by Gasteiger charge is 2.30. The molecule has 7 heteroatoms. The van der Waals surface area contributed by atoms with E-state index in [2.05, 4.69) is 10.2 Å². The van der Waals surface area contributed by atoms with Crippen LogP contribution in [0.3, 0.4) is 0 Å². The molecule has 0 radical (unpaired) electrons. The average molecular weight is 368 g/mol. The van der Waals surface area contributed by atoms with Crippen molar-refractivity contribution in [2.45, 2.75) is 26.3 Å². The van der Waals surface area contributed by atoms with Crippen molar-refractivity contribution < 1.29 is 14.3 Å². The van der Waals surface area contributed by atoms with E-state index < -0.39 is 0 Å². The van der Waals surface area contributed by atoms with Gasteiger partial charge in [0, 0.05) is 43.9 Å². The molecule has 3 heterocycles. The van der Waals surface area contributed by atoms with Crippen molar-refractivity contribution in [2.75, 3.05) is 32.8 Å². The molecule has 2 amide bonds. The average Bonchev–Trinajstić information content (AvgIpc) is 3.13. The lowest BCUT2D eigenvalue weighted by Gasteiger charge is -2.29. The molecule has 0 unspecified atom stereocenters.